The van der Waals surface area contributed by atoms with Crippen molar-refractivity contribution in [2.24, 2.45) is 0 Å². The lowest BCUT2D eigenvalue weighted by molar-refractivity contribution is -0.142. The van der Waals surface area contributed by atoms with Gasteiger partial charge in [-0.3, -0.25) is 14.6 Å². The molecule has 0 saturated heterocycles. The Morgan fingerprint density at radius 1 is 1.40 bits per heavy atom. The van der Waals surface area contributed by atoms with Crippen molar-refractivity contribution < 1.29 is 14.3 Å². The minimum Gasteiger partial charge on any atom is -0.469 e. The number of esters is 1. The molecule has 0 N–H and O–H groups in total. The van der Waals surface area contributed by atoms with Crippen molar-refractivity contribution in [1.82, 2.24) is 4.98 Å². The molecule has 80 valence electrons. The molecule has 0 saturated carbocycles. The van der Waals surface area contributed by atoms with Crippen molar-refractivity contribution in [2.75, 3.05) is 7.11 Å². The van der Waals surface area contributed by atoms with Crippen molar-refractivity contribution in [3.05, 3.63) is 29.6 Å². The highest BCUT2D eigenvalue weighted by molar-refractivity contribution is 5.93. The van der Waals surface area contributed by atoms with Crippen LogP contribution in [0.2, 0.25) is 0 Å². The quantitative estimate of drug-likeness (QED) is 0.557. The molecule has 0 aliphatic rings. The van der Waals surface area contributed by atoms with E-state index in [1.807, 2.05) is 0 Å². The molecule has 0 aliphatic carbocycles. The number of nitrogens with zero attached hydrogens (tertiary/aromatic N) is 1. The summed E-state index contributed by atoms with van der Waals surface area (Å²) >= 11 is 0. The summed E-state index contributed by atoms with van der Waals surface area (Å²) in [5.74, 6) is -0.783. The average molecular weight is 207 g/mol. The number of hydrogen-bond acceptors (Lipinski definition) is 4. The number of hydrogen-bond donors (Lipinski definition) is 0. The van der Waals surface area contributed by atoms with Gasteiger partial charge in [0, 0.05) is 11.8 Å². The average Bonchev–Trinajstić information content (AvgIpc) is 2.27. The maximum atomic E-state index is 11.2. The van der Waals surface area contributed by atoms with Crippen LogP contribution in [0.5, 0.6) is 0 Å². The van der Waals surface area contributed by atoms with Crippen LogP contribution in [-0.4, -0.2) is 23.8 Å². The van der Waals surface area contributed by atoms with Crippen LogP contribution in [0.4, 0.5) is 0 Å². The van der Waals surface area contributed by atoms with Gasteiger partial charge < -0.3 is 4.74 Å². The standard InChI is InChI=1S/C11H13NO3/c1-7(11(14)15-3)10-5-4-9(6-12-10)8(2)13/h4-7H,1-3H3. The Morgan fingerprint density at radius 3 is 2.47 bits per heavy atom. The largest absolute Gasteiger partial charge is 0.469 e. The molecular formula is C11H13NO3. The number of aromatic nitrogens is 1. The van der Waals surface area contributed by atoms with Gasteiger partial charge >= 0.3 is 5.97 Å². The molecule has 1 heterocycles. The lowest BCUT2D eigenvalue weighted by Gasteiger charge is -2.08. The normalized spacial score (nSPS) is 11.9. The molecule has 0 fully saturated rings. The Balaban J connectivity index is 2.89. The molecule has 1 rings (SSSR count). The van der Waals surface area contributed by atoms with Crippen LogP contribution < -0.4 is 0 Å². The molecule has 0 bridgehead atoms. The van der Waals surface area contributed by atoms with Gasteiger partial charge in [0.05, 0.1) is 18.7 Å². The lowest BCUT2D eigenvalue weighted by atomic mass is 10.1. The Morgan fingerprint density at radius 2 is 2.07 bits per heavy atom. The molecule has 0 aliphatic heterocycles. The minimum atomic E-state index is -0.406. The Hall–Kier alpha value is -1.71. The minimum absolute atomic E-state index is 0.0419. The summed E-state index contributed by atoms with van der Waals surface area (Å²) < 4.78 is 4.60. The summed E-state index contributed by atoms with van der Waals surface area (Å²) in [5, 5.41) is 0. The van der Waals surface area contributed by atoms with Gasteiger partial charge in [-0.05, 0) is 26.0 Å². The number of carbonyl (C=O) groups excluding carboxylic acids is 2. The molecule has 0 amide bonds. The fourth-order valence-electron chi connectivity index (χ4n) is 1.17. The van der Waals surface area contributed by atoms with Gasteiger partial charge in [-0.1, -0.05) is 0 Å². The first kappa shape index (κ1) is 11.4. The van der Waals surface area contributed by atoms with Crippen LogP contribution in [0.1, 0.15) is 35.8 Å². The maximum absolute atomic E-state index is 11.2. The fourth-order valence-corrected chi connectivity index (χ4v) is 1.17. The summed E-state index contributed by atoms with van der Waals surface area (Å²) in [6.07, 6.45) is 1.47. The van der Waals surface area contributed by atoms with Gasteiger partial charge in [-0.2, -0.15) is 0 Å². The predicted octanol–water partition coefficient (Wildman–Crippen LogP) is 1.56. The van der Waals surface area contributed by atoms with E-state index in [1.54, 1.807) is 19.1 Å². The second kappa shape index (κ2) is 4.68. The van der Waals surface area contributed by atoms with E-state index in [0.717, 1.165) is 0 Å². The molecule has 0 spiro atoms. The van der Waals surface area contributed by atoms with E-state index in [-0.39, 0.29) is 11.8 Å². The van der Waals surface area contributed by atoms with E-state index < -0.39 is 5.92 Å². The van der Waals surface area contributed by atoms with E-state index in [2.05, 4.69) is 9.72 Å². The van der Waals surface area contributed by atoms with Crippen LogP contribution in [0, 0.1) is 0 Å². The Bertz CT molecular complexity index is 370. The number of carbonyl (C=O) groups is 2. The molecule has 4 heteroatoms. The summed E-state index contributed by atoms with van der Waals surface area (Å²) in [6, 6.07) is 3.32. The van der Waals surface area contributed by atoms with Gasteiger partial charge in [-0.15, -0.1) is 0 Å². The number of methoxy groups -OCH3 is 1. The number of ether oxygens (including phenoxy) is 1. The second-order valence-corrected chi connectivity index (χ2v) is 3.27. The fraction of sp³-hybridized carbons (Fsp3) is 0.364. The third-order valence-corrected chi connectivity index (χ3v) is 2.19. The summed E-state index contributed by atoms with van der Waals surface area (Å²) in [4.78, 5) is 26.2. The van der Waals surface area contributed by atoms with E-state index in [9.17, 15) is 9.59 Å². The summed E-state index contributed by atoms with van der Waals surface area (Å²) in [7, 11) is 1.34. The van der Waals surface area contributed by atoms with Crippen molar-refractivity contribution in [1.29, 1.82) is 0 Å². The zero-order valence-corrected chi connectivity index (χ0v) is 8.98. The van der Waals surface area contributed by atoms with Crippen LogP contribution in [-0.2, 0) is 9.53 Å². The SMILES string of the molecule is COC(=O)C(C)c1ccc(C(C)=O)cn1. The monoisotopic (exact) mass is 207 g/mol. The first-order valence-electron chi connectivity index (χ1n) is 4.61. The Kier molecular flexibility index (Phi) is 3.55. The third kappa shape index (κ3) is 2.62. The van der Waals surface area contributed by atoms with Gasteiger partial charge in [0.2, 0.25) is 0 Å². The molecular weight excluding hydrogens is 194 g/mol. The van der Waals surface area contributed by atoms with Crippen LogP contribution >= 0.6 is 0 Å². The molecule has 1 atom stereocenters. The van der Waals surface area contributed by atoms with Crippen molar-refractivity contribution in [2.45, 2.75) is 19.8 Å². The smallest absolute Gasteiger partial charge is 0.314 e. The first-order chi connectivity index (χ1) is 7.06. The molecule has 0 radical (unpaired) electrons. The molecule has 15 heavy (non-hydrogen) atoms. The molecule has 0 aromatic carbocycles. The number of ketones is 1. The van der Waals surface area contributed by atoms with Crippen molar-refractivity contribution >= 4 is 11.8 Å². The van der Waals surface area contributed by atoms with Crippen LogP contribution in [0.25, 0.3) is 0 Å². The summed E-state index contributed by atoms with van der Waals surface area (Å²) in [5.41, 5.74) is 1.14. The van der Waals surface area contributed by atoms with Crippen LogP contribution in [0.15, 0.2) is 18.3 Å². The predicted molar refractivity (Wildman–Crippen MR) is 54.7 cm³/mol. The number of pyridine rings is 1. The highest BCUT2D eigenvalue weighted by atomic mass is 16.5. The molecule has 1 aromatic heterocycles. The van der Waals surface area contributed by atoms with E-state index in [1.165, 1.54) is 20.2 Å². The van der Waals surface area contributed by atoms with E-state index in [0.29, 0.717) is 11.3 Å². The van der Waals surface area contributed by atoms with Gasteiger partial charge in [0.15, 0.2) is 5.78 Å². The molecule has 1 aromatic rings. The van der Waals surface area contributed by atoms with Crippen LogP contribution in [0.3, 0.4) is 0 Å². The molecule has 1 unspecified atom stereocenters. The van der Waals surface area contributed by atoms with Gasteiger partial charge in [0.25, 0.3) is 0 Å². The van der Waals surface area contributed by atoms with E-state index >= 15 is 0 Å². The topological polar surface area (TPSA) is 56.3 Å². The second-order valence-electron chi connectivity index (χ2n) is 3.27. The zero-order valence-electron chi connectivity index (χ0n) is 8.98. The number of rotatable bonds is 3. The molecule has 4 nitrogen and oxygen atoms in total. The van der Waals surface area contributed by atoms with Crippen molar-refractivity contribution in [3.63, 3.8) is 0 Å². The lowest BCUT2D eigenvalue weighted by Crippen LogP contribution is -2.12. The summed E-state index contributed by atoms with van der Waals surface area (Å²) in [6.45, 7) is 3.18. The van der Waals surface area contributed by atoms with Gasteiger partial charge in [0.1, 0.15) is 0 Å². The highest BCUT2D eigenvalue weighted by Crippen LogP contribution is 2.14. The van der Waals surface area contributed by atoms with Gasteiger partial charge in [-0.25, -0.2) is 0 Å². The Labute approximate surface area is 88.3 Å². The first-order valence-corrected chi connectivity index (χ1v) is 4.61. The van der Waals surface area contributed by atoms with E-state index in [4.69, 9.17) is 0 Å². The number of Topliss-reactive ketones (excluding diaryl/α,β-unsaturated/α-hetero) is 1. The highest BCUT2D eigenvalue weighted by Gasteiger charge is 2.16. The van der Waals surface area contributed by atoms with Crippen molar-refractivity contribution in [3.8, 4) is 0 Å². The maximum Gasteiger partial charge on any atom is 0.314 e. The zero-order chi connectivity index (χ0) is 11.4. The third-order valence-electron chi connectivity index (χ3n) is 2.19.